The molecule has 1 fully saturated rings. The first kappa shape index (κ1) is 20.2. The van der Waals surface area contributed by atoms with Gasteiger partial charge in [0, 0.05) is 31.8 Å². The quantitative estimate of drug-likeness (QED) is 0.802. The minimum Gasteiger partial charge on any atom is -0.443 e. The number of nitrogens with zero attached hydrogens (tertiary/aromatic N) is 3. The molecular weight excluding hydrogens is 330 g/mol. The molecule has 2 amide bonds. The maximum absolute atomic E-state index is 12.8. The number of anilines is 1. The van der Waals surface area contributed by atoms with Gasteiger partial charge in [0.05, 0.1) is 6.04 Å². The van der Waals surface area contributed by atoms with Crippen LogP contribution >= 0.6 is 0 Å². The topological polar surface area (TPSA) is 62.7 Å². The molecular formula is C20H31N3O3. The zero-order chi connectivity index (χ0) is 19.3. The molecule has 1 saturated heterocycles. The van der Waals surface area contributed by atoms with Crippen molar-refractivity contribution in [2.75, 3.05) is 18.0 Å². The Morgan fingerprint density at radius 2 is 2.08 bits per heavy atom. The lowest BCUT2D eigenvalue weighted by Gasteiger charge is -2.37. The number of aromatic nitrogens is 1. The zero-order valence-corrected chi connectivity index (χ0v) is 16.6. The standard InChI is InChI=1S/C20H31N3O3/c1-6-13-23(19(25)26-20(3,4)5)18-16(10-9-12-21-18)17-11-7-8-14-22(17)15(2)24/h9-10,12,17H,6-8,11,13-14H2,1-5H3. The van der Waals surface area contributed by atoms with Crippen molar-refractivity contribution in [3.63, 3.8) is 0 Å². The molecule has 1 atom stereocenters. The Bertz CT molecular complexity index is 639. The van der Waals surface area contributed by atoms with Crippen molar-refractivity contribution in [2.45, 2.75) is 71.9 Å². The Labute approximate surface area is 156 Å². The van der Waals surface area contributed by atoms with Gasteiger partial charge >= 0.3 is 6.09 Å². The van der Waals surface area contributed by atoms with Gasteiger partial charge < -0.3 is 9.64 Å². The number of likely N-dealkylation sites (tertiary alicyclic amines) is 1. The fourth-order valence-corrected chi connectivity index (χ4v) is 3.35. The predicted molar refractivity (Wildman–Crippen MR) is 102 cm³/mol. The van der Waals surface area contributed by atoms with Crippen LogP contribution in [-0.2, 0) is 9.53 Å². The summed E-state index contributed by atoms with van der Waals surface area (Å²) in [7, 11) is 0. The van der Waals surface area contributed by atoms with Gasteiger partial charge in [-0.25, -0.2) is 9.78 Å². The lowest BCUT2D eigenvalue weighted by atomic mass is 9.95. The Hall–Kier alpha value is -2.11. The number of amides is 2. The Morgan fingerprint density at radius 1 is 1.35 bits per heavy atom. The number of carbonyl (C=O) groups is 2. The Balaban J connectivity index is 2.41. The number of rotatable bonds is 4. The third-order valence-corrected chi connectivity index (χ3v) is 4.40. The molecule has 0 aliphatic carbocycles. The van der Waals surface area contributed by atoms with Crippen molar-refractivity contribution < 1.29 is 14.3 Å². The lowest BCUT2D eigenvalue weighted by molar-refractivity contribution is -0.132. The highest BCUT2D eigenvalue weighted by Crippen LogP contribution is 2.36. The van der Waals surface area contributed by atoms with Crippen molar-refractivity contribution >= 4 is 17.8 Å². The fraction of sp³-hybridized carbons (Fsp3) is 0.650. The van der Waals surface area contributed by atoms with E-state index >= 15 is 0 Å². The highest BCUT2D eigenvalue weighted by Gasteiger charge is 2.32. The largest absolute Gasteiger partial charge is 0.443 e. The van der Waals surface area contributed by atoms with Crippen LogP contribution in [0.2, 0.25) is 0 Å². The second kappa shape index (κ2) is 8.52. The van der Waals surface area contributed by atoms with Crippen LogP contribution in [0.15, 0.2) is 18.3 Å². The molecule has 0 radical (unpaired) electrons. The van der Waals surface area contributed by atoms with E-state index in [1.807, 2.05) is 44.7 Å². The average Bonchev–Trinajstić information content (AvgIpc) is 2.58. The number of ether oxygens (including phenoxy) is 1. The molecule has 0 spiro atoms. The van der Waals surface area contributed by atoms with Gasteiger partial charge in [0.1, 0.15) is 11.4 Å². The molecule has 2 heterocycles. The molecule has 6 nitrogen and oxygen atoms in total. The van der Waals surface area contributed by atoms with E-state index in [0.29, 0.717) is 12.4 Å². The SMILES string of the molecule is CCCN(C(=O)OC(C)(C)C)c1ncccc1C1CCCCN1C(C)=O. The molecule has 1 unspecified atom stereocenters. The number of piperidine rings is 1. The van der Waals surface area contributed by atoms with Crippen LogP contribution in [-0.4, -0.2) is 40.6 Å². The summed E-state index contributed by atoms with van der Waals surface area (Å²) in [5.74, 6) is 0.658. The Morgan fingerprint density at radius 3 is 2.69 bits per heavy atom. The second-order valence-corrected chi connectivity index (χ2v) is 7.77. The summed E-state index contributed by atoms with van der Waals surface area (Å²) in [6.45, 7) is 10.4. The molecule has 26 heavy (non-hydrogen) atoms. The van der Waals surface area contributed by atoms with Crippen LogP contribution in [0.3, 0.4) is 0 Å². The molecule has 1 aliphatic heterocycles. The molecule has 0 aromatic carbocycles. The molecule has 1 aliphatic rings. The summed E-state index contributed by atoms with van der Waals surface area (Å²) in [4.78, 5) is 32.9. The van der Waals surface area contributed by atoms with E-state index in [1.165, 1.54) is 0 Å². The van der Waals surface area contributed by atoms with E-state index in [4.69, 9.17) is 4.74 Å². The lowest BCUT2D eigenvalue weighted by Crippen LogP contribution is -2.41. The van der Waals surface area contributed by atoms with Crippen molar-refractivity contribution in [1.29, 1.82) is 0 Å². The predicted octanol–water partition coefficient (Wildman–Crippen LogP) is 4.31. The van der Waals surface area contributed by atoms with E-state index in [9.17, 15) is 9.59 Å². The van der Waals surface area contributed by atoms with Gasteiger partial charge in [0.2, 0.25) is 5.91 Å². The summed E-state index contributed by atoms with van der Waals surface area (Å²) >= 11 is 0. The van der Waals surface area contributed by atoms with Crippen molar-refractivity contribution in [3.05, 3.63) is 23.9 Å². The number of carbonyl (C=O) groups excluding carboxylic acids is 2. The molecule has 0 saturated carbocycles. The molecule has 0 N–H and O–H groups in total. The van der Waals surface area contributed by atoms with Crippen LogP contribution in [0, 0.1) is 0 Å². The summed E-state index contributed by atoms with van der Waals surface area (Å²) in [6, 6.07) is 3.79. The zero-order valence-electron chi connectivity index (χ0n) is 16.6. The monoisotopic (exact) mass is 361 g/mol. The first-order valence-corrected chi connectivity index (χ1v) is 9.47. The Kier molecular flexibility index (Phi) is 6.62. The number of hydrogen-bond donors (Lipinski definition) is 0. The maximum atomic E-state index is 12.8. The normalized spacial score (nSPS) is 17.7. The first-order valence-electron chi connectivity index (χ1n) is 9.47. The van der Waals surface area contributed by atoms with Crippen LogP contribution in [0.1, 0.15) is 71.9 Å². The van der Waals surface area contributed by atoms with Crippen molar-refractivity contribution in [1.82, 2.24) is 9.88 Å². The van der Waals surface area contributed by atoms with Gasteiger partial charge in [0.25, 0.3) is 0 Å². The minimum absolute atomic E-state index is 0.0493. The highest BCUT2D eigenvalue weighted by molar-refractivity contribution is 5.88. The van der Waals surface area contributed by atoms with Crippen LogP contribution in [0.25, 0.3) is 0 Å². The van der Waals surface area contributed by atoms with E-state index in [0.717, 1.165) is 37.8 Å². The van der Waals surface area contributed by atoms with Gasteiger partial charge in [-0.3, -0.25) is 9.69 Å². The summed E-state index contributed by atoms with van der Waals surface area (Å²) in [6.07, 6.45) is 5.03. The molecule has 1 aromatic heterocycles. The summed E-state index contributed by atoms with van der Waals surface area (Å²) in [5, 5.41) is 0. The second-order valence-electron chi connectivity index (χ2n) is 7.77. The van der Waals surface area contributed by atoms with Gasteiger partial charge in [0.15, 0.2) is 0 Å². The van der Waals surface area contributed by atoms with Gasteiger partial charge in [-0.05, 0) is 52.5 Å². The van der Waals surface area contributed by atoms with E-state index in [-0.39, 0.29) is 11.9 Å². The van der Waals surface area contributed by atoms with Crippen LogP contribution in [0.4, 0.5) is 10.6 Å². The number of hydrogen-bond acceptors (Lipinski definition) is 4. The summed E-state index contributed by atoms with van der Waals surface area (Å²) in [5.41, 5.74) is 0.343. The molecule has 0 bridgehead atoms. The van der Waals surface area contributed by atoms with E-state index in [1.54, 1.807) is 18.0 Å². The van der Waals surface area contributed by atoms with Gasteiger partial charge in [-0.1, -0.05) is 13.0 Å². The van der Waals surface area contributed by atoms with Crippen molar-refractivity contribution in [3.8, 4) is 0 Å². The fourth-order valence-electron chi connectivity index (χ4n) is 3.35. The molecule has 6 heteroatoms. The third-order valence-electron chi connectivity index (χ3n) is 4.40. The third kappa shape index (κ3) is 4.96. The van der Waals surface area contributed by atoms with E-state index in [2.05, 4.69) is 4.98 Å². The van der Waals surface area contributed by atoms with Gasteiger partial charge in [-0.15, -0.1) is 0 Å². The minimum atomic E-state index is -0.575. The van der Waals surface area contributed by atoms with E-state index < -0.39 is 11.7 Å². The van der Waals surface area contributed by atoms with Crippen LogP contribution in [0.5, 0.6) is 0 Å². The molecule has 1 aromatic rings. The maximum Gasteiger partial charge on any atom is 0.416 e. The number of pyridine rings is 1. The first-order chi connectivity index (χ1) is 12.2. The highest BCUT2D eigenvalue weighted by atomic mass is 16.6. The van der Waals surface area contributed by atoms with Gasteiger partial charge in [-0.2, -0.15) is 0 Å². The summed E-state index contributed by atoms with van der Waals surface area (Å²) < 4.78 is 5.59. The van der Waals surface area contributed by atoms with Crippen molar-refractivity contribution in [2.24, 2.45) is 0 Å². The average molecular weight is 361 g/mol. The smallest absolute Gasteiger partial charge is 0.416 e. The molecule has 2 rings (SSSR count). The van der Waals surface area contributed by atoms with Crippen LogP contribution < -0.4 is 4.90 Å². The molecule has 144 valence electrons.